The van der Waals surface area contributed by atoms with Crippen molar-refractivity contribution in [2.24, 2.45) is 9.98 Å². The van der Waals surface area contributed by atoms with Crippen LogP contribution < -0.4 is 26.6 Å². The van der Waals surface area contributed by atoms with Crippen molar-refractivity contribution < 1.29 is 53.1 Å². The zero-order valence-electron chi connectivity index (χ0n) is 61.6. The Morgan fingerprint density at radius 2 is 0.973 bits per heavy atom. The highest BCUT2D eigenvalue weighted by Gasteiger charge is 2.43. The Kier molecular flexibility index (Phi) is 27.4. The van der Waals surface area contributed by atoms with Crippen molar-refractivity contribution in [1.29, 1.82) is 0 Å². The Balaban J connectivity index is 0.000000193. The van der Waals surface area contributed by atoms with Gasteiger partial charge in [0.05, 0.1) is 37.4 Å². The van der Waals surface area contributed by atoms with Gasteiger partial charge in [0, 0.05) is 121 Å². The topological polar surface area (TPSA) is 344 Å². The van der Waals surface area contributed by atoms with Gasteiger partial charge in [-0.1, -0.05) is 107 Å². The quantitative estimate of drug-likeness (QED) is 0.0229. The molecule has 2 unspecified atom stereocenters. The van der Waals surface area contributed by atoms with Crippen molar-refractivity contribution in [2.75, 3.05) is 30.3 Å². The van der Waals surface area contributed by atoms with Gasteiger partial charge in [0.25, 0.3) is 11.8 Å². The van der Waals surface area contributed by atoms with Gasteiger partial charge in [0.15, 0.2) is 23.2 Å². The molecule has 4 atom stereocenters. The SMILES string of the molecule is C.C.CCCCCCC(=O)CNc1cccc2c1CN(C1CCC(=O)NC1=O)C2=O.Cc1sc2c(c1C)C(c1ccc(Cl)cc1)=N[C@@H](CC(=O)NCCCCCC(=O)CNc1cccc3c1CN(C1CCC(=O)NC1=O)C3=O)c1nnc(C)n1-2.Cc1sc2c(c1C)C(c1ccc(Cl)cc1)=N[C@@H](CC(=O)O)c1nnc(C)n1-2. The molecule has 2 saturated heterocycles. The first-order chi connectivity index (χ1) is 52.4. The lowest BCUT2D eigenvalue weighted by molar-refractivity contribution is -0.138. The molecule has 6 aliphatic rings. The number of hydrogen-bond donors (Lipinski definition) is 6. The van der Waals surface area contributed by atoms with Crippen LogP contribution in [0.5, 0.6) is 0 Å². The largest absolute Gasteiger partial charge is 0.481 e. The minimum absolute atomic E-state index is 0. The number of carbonyl (C=O) groups is 10. The van der Waals surface area contributed by atoms with Gasteiger partial charge in [-0.2, -0.15) is 0 Å². The third-order valence-corrected chi connectivity index (χ3v) is 23.2. The number of imide groups is 2. The molecular formula is C81H93Cl2N15O11S2. The van der Waals surface area contributed by atoms with Gasteiger partial charge in [0.2, 0.25) is 29.5 Å². The number of nitrogens with zero attached hydrogens (tertiary/aromatic N) is 10. The summed E-state index contributed by atoms with van der Waals surface area (Å²) in [5.41, 5.74) is 11.6. The molecule has 0 saturated carbocycles. The van der Waals surface area contributed by atoms with E-state index in [4.69, 9.17) is 33.2 Å². The number of carbonyl (C=O) groups excluding carboxylic acids is 9. The summed E-state index contributed by atoms with van der Waals surface area (Å²) in [6.45, 7) is 15.6. The number of amides is 7. The van der Waals surface area contributed by atoms with E-state index < -0.39 is 42.0 Å². The highest BCUT2D eigenvalue weighted by molar-refractivity contribution is 7.15. The normalized spacial score (nSPS) is 17.2. The molecule has 14 rings (SSSR count). The number of anilines is 2. The zero-order chi connectivity index (χ0) is 77.5. The van der Waals surface area contributed by atoms with E-state index in [0.29, 0.717) is 83.7 Å². The van der Waals surface area contributed by atoms with E-state index in [0.717, 1.165) is 115 Å². The predicted molar refractivity (Wildman–Crippen MR) is 429 cm³/mol. The number of thiophene rings is 2. The maximum atomic E-state index is 13.3. The summed E-state index contributed by atoms with van der Waals surface area (Å²) in [4.78, 5) is 138. The molecule has 4 aromatic carbocycles. The number of aliphatic imine (C=N–C) groups is 2. The number of hydrogen-bond acceptors (Lipinski definition) is 20. The summed E-state index contributed by atoms with van der Waals surface area (Å²) in [7, 11) is 0. The number of fused-ring (bicyclic) bond motifs is 8. The number of ketones is 2. The van der Waals surface area contributed by atoms with Crippen LogP contribution in [0, 0.1) is 41.5 Å². The highest BCUT2D eigenvalue weighted by Crippen LogP contribution is 2.43. The van der Waals surface area contributed by atoms with Crippen LogP contribution in [-0.4, -0.2) is 146 Å². The van der Waals surface area contributed by atoms with Crippen LogP contribution in [0.2, 0.25) is 10.0 Å². The molecule has 30 heteroatoms. The summed E-state index contributed by atoms with van der Waals surface area (Å²) in [6, 6.07) is 23.2. The lowest BCUT2D eigenvalue weighted by Gasteiger charge is -2.29. The Bertz CT molecular complexity index is 4980. The second kappa shape index (κ2) is 36.6. The molecule has 8 aromatic rings. The van der Waals surface area contributed by atoms with Crippen molar-refractivity contribution in [3.8, 4) is 10.0 Å². The minimum Gasteiger partial charge on any atom is -0.481 e. The average Bonchev–Trinajstić information content (AvgIpc) is 1.60. The van der Waals surface area contributed by atoms with E-state index in [1.165, 1.54) is 19.6 Å². The maximum absolute atomic E-state index is 13.3. The summed E-state index contributed by atoms with van der Waals surface area (Å²) in [5.74, 6) is -0.238. The second-order valence-electron chi connectivity index (χ2n) is 27.8. The number of carboxylic acid groups (broad SMARTS) is 1. The van der Waals surface area contributed by atoms with Crippen molar-refractivity contribution in [3.05, 3.63) is 184 Å². The molecular weight excluding hydrogens is 1490 g/mol. The van der Waals surface area contributed by atoms with E-state index in [-0.39, 0.29) is 108 Å². The molecule has 584 valence electrons. The standard InChI is InChI=1S/C39H41ClN8O5S.C21H27N3O4.C19H17ClN4O2S.2CH4/c1-21-22(2)54-39-34(21)35(24-11-13-25(40)14-12-24)43-30(36-46-45-23(3)48(36)39)18-33(51)41-17-6-4-5-8-26(49)19-42-29-10-7-9-27-28(29)20-47(38(27)53)31-15-16-32(50)44-37(31)52;1-2-3-4-5-7-14(25)12-22-17-9-6-8-15-16(17)13-24(21(15)28)18-10-11-19(26)23-20(18)27;1-9-10(2)27-19-16(9)17(12-4-6-13(20)7-5-12)21-14(8-15(25)26)18-23-22-11(3)24(18)19;;/h7,9-14,30-31,42H,4-6,8,15-20H2,1-3H3,(H,41,51)(H,44,50,52);6,8-9,18,22H,2-5,7,10-13H2,1H3,(H,23,26,27);4-7,14H,8H2,1-3H3,(H,25,26);2*1H4/t30-,31?;;14-;;/m0.0../s1. The van der Waals surface area contributed by atoms with E-state index in [1.807, 2.05) is 83.6 Å². The lowest BCUT2D eigenvalue weighted by Crippen LogP contribution is -2.52. The maximum Gasteiger partial charge on any atom is 0.306 e. The van der Waals surface area contributed by atoms with E-state index in [1.54, 1.807) is 46.9 Å². The molecule has 6 N–H and O–H groups in total. The lowest BCUT2D eigenvalue weighted by atomic mass is 9.99. The fraction of sp³-hybridized carbons (Fsp3) is 0.407. The second-order valence-corrected chi connectivity index (χ2v) is 31.1. The first kappa shape index (κ1) is 83.1. The molecule has 26 nitrogen and oxygen atoms in total. The molecule has 2 fully saturated rings. The van der Waals surface area contributed by atoms with Gasteiger partial charge in [-0.05, 0) is 133 Å². The molecule has 7 amide bonds. The predicted octanol–water partition coefficient (Wildman–Crippen LogP) is 13.3. The van der Waals surface area contributed by atoms with Gasteiger partial charge < -0.3 is 30.9 Å². The van der Waals surface area contributed by atoms with Crippen LogP contribution in [0.3, 0.4) is 0 Å². The molecule has 0 spiro atoms. The molecule has 0 bridgehead atoms. The van der Waals surface area contributed by atoms with Crippen molar-refractivity contribution in [3.63, 3.8) is 0 Å². The van der Waals surface area contributed by atoms with Crippen molar-refractivity contribution in [2.45, 2.75) is 197 Å². The van der Waals surface area contributed by atoms with Gasteiger partial charge in [-0.25, -0.2) is 0 Å². The van der Waals surface area contributed by atoms with Gasteiger partial charge in [-0.3, -0.25) is 77.7 Å². The number of Topliss-reactive ketones (excluding diaryl/α,β-unsaturated/α-hetero) is 2. The van der Waals surface area contributed by atoms with Crippen LogP contribution in [0.1, 0.15) is 228 Å². The molecule has 0 radical (unpaired) electrons. The number of aliphatic carboxylic acids is 1. The van der Waals surface area contributed by atoms with Gasteiger partial charge in [-0.15, -0.1) is 43.1 Å². The van der Waals surface area contributed by atoms with Crippen molar-refractivity contribution >= 4 is 128 Å². The molecule has 4 aromatic heterocycles. The third kappa shape index (κ3) is 18.5. The smallest absolute Gasteiger partial charge is 0.306 e. The monoisotopic (exact) mass is 1590 g/mol. The number of aryl methyl sites for hydroxylation is 4. The number of piperidine rings is 2. The zero-order valence-corrected chi connectivity index (χ0v) is 64.8. The Morgan fingerprint density at radius 1 is 0.550 bits per heavy atom. The molecule has 6 aliphatic heterocycles. The van der Waals surface area contributed by atoms with E-state index >= 15 is 0 Å². The minimum atomic E-state index is -0.926. The number of rotatable bonds is 25. The van der Waals surface area contributed by atoms with Crippen LogP contribution >= 0.6 is 45.9 Å². The summed E-state index contributed by atoms with van der Waals surface area (Å²) < 4.78 is 3.97. The third-order valence-electron chi connectivity index (χ3n) is 20.3. The first-order valence-electron chi connectivity index (χ1n) is 36.6. The first-order valence-corrected chi connectivity index (χ1v) is 39.0. The number of halogens is 2. The number of benzene rings is 4. The number of aromatic nitrogens is 6. The summed E-state index contributed by atoms with van der Waals surface area (Å²) in [6.07, 6.45) is 8.33. The number of carboxylic acids is 1. The van der Waals surface area contributed by atoms with E-state index in [9.17, 15) is 53.1 Å². The summed E-state index contributed by atoms with van der Waals surface area (Å²) in [5, 5.41) is 43.9. The molecule has 10 heterocycles. The molecule has 111 heavy (non-hydrogen) atoms. The Labute approximate surface area is 662 Å². The Hall–Kier alpha value is -10.4. The Morgan fingerprint density at radius 3 is 1.39 bits per heavy atom. The van der Waals surface area contributed by atoms with Gasteiger partial charge in [0.1, 0.15) is 45.8 Å². The number of nitrogens with one attached hydrogen (secondary N) is 5. The number of unbranched alkanes of at least 4 members (excludes halogenated alkanes) is 5. The van der Waals surface area contributed by atoms with Crippen LogP contribution in [0.4, 0.5) is 11.4 Å². The van der Waals surface area contributed by atoms with Crippen LogP contribution in [0.25, 0.3) is 10.0 Å². The van der Waals surface area contributed by atoms with Crippen LogP contribution in [0.15, 0.2) is 94.9 Å². The van der Waals surface area contributed by atoms with Crippen LogP contribution in [-0.2, 0) is 51.4 Å². The van der Waals surface area contributed by atoms with Crippen molar-refractivity contribution in [1.82, 2.24) is 55.3 Å². The summed E-state index contributed by atoms with van der Waals surface area (Å²) >= 11 is 15.6. The molecule has 0 aliphatic carbocycles. The highest BCUT2D eigenvalue weighted by atomic mass is 35.5. The fourth-order valence-electron chi connectivity index (χ4n) is 14.3. The average molecular weight is 1590 g/mol. The van der Waals surface area contributed by atoms with Gasteiger partial charge >= 0.3 is 5.97 Å². The van der Waals surface area contributed by atoms with E-state index in [2.05, 4.69) is 81.6 Å². The fourth-order valence-corrected chi connectivity index (χ4v) is 17.0.